The normalized spacial score (nSPS) is 18.5. The molecular weight excluding hydrogens is 436 g/mol. The Hall–Kier alpha value is -1.94. The highest BCUT2D eigenvalue weighted by atomic mass is 32.2. The van der Waals surface area contributed by atoms with Crippen LogP contribution in [-0.2, 0) is 32.9 Å². The summed E-state index contributed by atoms with van der Waals surface area (Å²) in [5.41, 5.74) is 3.19. The number of benzene rings is 2. The van der Waals surface area contributed by atoms with Crippen molar-refractivity contribution in [1.82, 2.24) is 8.61 Å². The lowest BCUT2D eigenvalue weighted by atomic mass is 9.92. The predicted octanol–water partition coefficient (Wildman–Crippen LogP) is 2.58. The van der Waals surface area contributed by atoms with Crippen molar-refractivity contribution >= 4 is 20.0 Å². The van der Waals surface area contributed by atoms with Crippen LogP contribution in [0, 0.1) is 6.92 Å². The fraction of sp³-hybridized carbons (Fsp3) is 0.455. The predicted molar refractivity (Wildman–Crippen MR) is 118 cm³/mol. The minimum Gasteiger partial charge on any atom is -0.495 e. The van der Waals surface area contributed by atoms with E-state index in [-0.39, 0.29) is 36.0 Å². The van der Waals surface area contributed by atoms with E-state index in [9.17, 15) is 16.8 Å². The van der Waals surface area contributed by atoms with Crippen LogP contribution in [0.1, 0.15) is 29.5 Å². The molecular formula is C22H28N2O5S2. The van der Waals surface area contributed by atoms with Crippen LogP contribution >= 0.6 is 0 Å². The Bertz CT molecular complexity index is 1170. The summed E-state index contributed by atoms with van der Waals surface area (Å²) in [6.07, 6.45) is 3.94. The molecule has 0 amide bonds. The Morgan fingerprint density at radius 2 is 1.29 bits per heavy atom. The first-order chi connectivity index (χ1) is 14.7. The highest BCUT2D eigenvalue weighted by Gasteiger charge is 2.35. The smallest absolute Gasteiger partial charge is 0.246 e. The summed E-state index contributed by atoms with van der Waals surface area (Å²) in [5.74, 6) is 0.357. The molecule has 1 fully saturated rings. The molecule has 31 heavy (non-hydrogen) atoms. The van der Waals surface area contributed by atoms with Crippen LogP contribution in [0.5, 0.6) is 5.75 Å². The van der Waals surface area contributed by atoms with E-state index in [2.05, 4.69) is 0 Å². The first-order valence-electron chi connectivity index (χ1n) is 10.5. The lowest BCUT2D eigenvalue weighted by Crippen LogP contribution is -2.50. The van der Waals surface area contributed by atoms with Gasteiger partial charge in [-0.05, 0) is 68.0 Å². The van der Waals surface area contributed by atoms with Gasteiger partial charge in [0, 0.05) is 26.2 Å². The summed E-state index contributed by atoms with van der Waals surface area (Å²) in [7, 11) is -5.96. The standard InChI is InChI=1S/C22H28N2O5S2/c1-17-7-9-20(10-8-17)30(25,26)23-11-13-24(14-12-23)31(27,28)22-16-19-6-4-3-5-18(19)15-21(22)29-2/h7-10,15-16H,3-6,11-14H2,1-2H3. The third-order valence-electron chi connectivity index (χ3n) is 6.10. The SMILES string of the molecule is COc1cc2c(cc1S(=O)(=O)N1CCN(S(=O)(=O)c3ccc(C)cc3)CC1)CCCC2. The van der Waals surface area contributed by atoms with Gasteiger partial charge < -0.3 is 4.74 Å². The van der Waals surface area contributed by atoms with Gasteiger partial charge in [0.1, 0.15) is 10.6 Å². The first-order valence-corrected chi connectivity index (χ1v) is 13.4. The van der Waals surface area contributed by atoms with Crippen LogP contribution in [0.4, 0.5) is 0 Å². The van der Waals surface area contributed by atoms with Gasteiger partial charge in [-0.25, -0.2) is 16.8 Å². The molecule has 0 saturated carbocycles. The average molecular weight is 465 g/mol. The molecule has 0 unspecified atom stereocenters. The number of sulfonamides is 2. The number of rotatable bonds is 5. The topological polar surface area (TPSA) is 84.0 Å². The maximum absolute atomic E-state index is 13.4. The lowest BCUT2D eigenvalue weighted by Gasteiger charge is -2.33. The largest absolute Gasteiger partial charge is 0.495 e. The van der Waals surface area contributed by atoms with Crippen molar-refractivity contribution < 1.29 is 21.6 Å². The maximum Gasteiger partial charge on any atom is 0.246 e. The fourth-order valence-electron chi connectivity index (χ4n) is 4.25. The molecule has 168 valence electrons. The van der Waals surface area contributed by atoms with E-state index in [0.717, 1.165) is 42.4 Å². The Balaban J connectivity index is 1.55. The van der Waals surface area contributed by atoms with E-state index in [1.807, 2.05) is 13.0 Å². The maximum atomic E-state index is 13.4. The van der Waals surface area contributed by atoms with E-state index in [1.165, 1.54) is 15.7 Å². The third kappa shape index (κ3) is 4.24. The Labute approximate surface area is 184 Å². The van der Waals surface area contributed by atoms with Gasteiger partial charge in [-0.2, -0.15) is 8.61 Å². The summed E-state index contributed by atoms with van der Waals surface area (Å²) in [5, 5.41) is 0. The van der Waals surface area contributed by atoms with E-state index in [1.54, 1.807) is 30.3 Å². The molecule has 0 aromatic heterocycles. The zero-order valence-electron chi connectivity index (χ0n) is 17.9. The number of aryl methyl sites for hydroxylation is 3. The van der Waals surface area contributed by atoms with Gasteiger partial charge in [0.2, 0.25) is 20.0 Å². The monoisotopic (exact) mass is 464 g/mol. The van der Waals surface area contributed by atoms with Gasteiger partial charge in [0.05, 0.1) is 12.0 Å². The van der Waals surface area contributed by atoms with Gasteiger partial charge in [0.25, 0.3) is 0 Å². The second-order valence-electron chi connectivity index (χ2n) is 8.10. The number of hydrogen-bond acceptors (Lipinski definition) is 5. The molecule has 0 bridgehead atoms. The molecule has 2 aromatic rings. The van der Waals surface area contributed by atoms with Crippen molar-refractivity contribution in [3.8, 4) is 5.75 Å². The Morgan fingerprint density at radius 1 is 0.774 bits per heavy atom. The summed E-state index contributed by atoms with van der Waals surface area (Å²) < 4.78 is 60.8. The zero-order chi connectivity index (χ0) is 22.2. The fourth-order valence-corrected chi connectivity index (χ4v) is 7.28. The second kappa shape index (κ2) is 8.54. The first kappa shape index (κ1) is 22.3. The molecule has 1 heterocycles. The van der Waals surface area contributed by atoms with Gasteiger partial charge in [-0.1, -0.05) is 17.7 Å². The van der Waals surface area contributed by atoms with E-state index in [0.29, 0.717) is 5.75 Å². The third-order valence-corrected chi connectivity index (χ3v) is 9.93. The number of hydrogen-bond donors (Lipinski definition) is 0. The number of methoxy groups -OCH3 is 1. The summed E-state index contributed by atoms with van der Waals surface area (Å²) in [6.45, 7) is 2.34. The van der Waals surface area contributed by atoms with Gasteiger partial charge in [-0.3, -0.25) is 0 Å². The summed E-state index contributed by atoms with van der Waals surface area (Å²) >= 11 is 0. The Morgan fingerprint density at radius 3 is 1.84 bits per heavy atom. The molecule has 2 aliphatic rings. The van der Waals surface area contributed by atoms with Crippen LogP contribution < -0.4 is 4.74 Å². The number of nitrogens with zero attached hydrogens (tertiary/aromatic N) is 2. The second-order valence-corrected chi connectivity index (χ2v) is 11.9. The molecule has 9 heteroatoms. The summed E-state index contributed by atoms with van der Waals surface area (Å²) in [4.78, 5) is 0.399. The highest BCUT2D eigenvalue weighted by Crippen LogP contribution is 2.34. The van der Waals surface area contributed by atoms with Crippen LogP contribution in [0.25, 0.3) is 0 Å². The molecule has 4 rings (SSSR count). The molecule has 0 atom stereocenters. The quantitative estimate of drug-likeness (QED) is 0.679. The van der Waals surface area contributed by atoms with E-state index in [4.69, 9.17) is 4.74 Å². The van der Waals surface area contributed by atoms with Crippen molar-refractivity contribution in [3.63, 3.8) is 0 Å². The Kier molecular flexibility index (Phi) is 6.13. The molecule has 0 spiro atoms. The van der Waals surface area contributed by atoms with Crippen LogP contribution in [0.3, 0.4) is 0 Å². The molecule has 2 aromatic carbocycles. The minimum atomic E-state index is -3.79. The summed E-state index contributed by atoms with van der Waals surface area (Å²) in [6, 6.07) is 10.3. The zero-order valence-corrected chi connectivity index (χ0v) is 19.5. The number of piperazine rings is 1. The molecule has 1 aliphatic carbocycles. The van der Waals surface area contributed by atoms with Crippen molar-refractivity contribution in [1.29, 1.82) is 0 Å². The van der Waals surface area contributed by atoms with Crippen molar-refractivity contribution in [2.45, 2.75) is 42.4 Å². The highest BCUT2D eigenvalue weighted by molar-refractivity contribution is 7.89. The van der Waals surface area contributed by atoms with Crippen LogP contribution in [0.15, 0.2) is 46.2 Å². The molecule has 7 nitrogen and oxygen atoms in total. The molecule has 0 radical (unpaired) electrons. The number of fused-ring (bicyclic) bond motifs is 1. The minimum absolute atomic E-state index is 0.105. The van der Waals surface area contributed by atoms with Gasteiger partial charge in [0.15, 0.2) is 0 Å². The van der Waals surface area contributed by atoms with Gasteiger partial charge >= 0.3 is 0 Å². The average Bonchev–Trinajstić information content (AvgIpc) is 2.78. The van der Waals surface area contributed by atoms with Crippen LogP contribution in [0.2, 0.25) is 0 Å². The van der Waals surface area contributed by atoms with Crippen LogP contribution in [-0.4, -0.2) is 58.7 Å². The molecule has 1 saturated heterocycles. The van der Waals surface area contributed by atoms with E-state index < -0.39 is 20.0 Å². The van der Waals surface area contributed by atoms with Crippen molar-refractivity contribution in [2.75, 3.05) is 33.3 Å². The van der Waals surface area contributed by atoms with Crippen molar-refractivity contribution in [2.24, 2.45) is 0 Å². The number of ether oxygens (including phenoxy) is 1. The molecule has 1 aliphatic heterocycles. The van der Waals surface area contributed by atoms with E-state index >= 15 is 0 Å². The molecule has 0 N–H and O–H groups in total. The van der Waals surface area contributed by atoms with Gasteiger partial charge in [-0.15, -0.1) is 0 Å². The lowest BCUT2D eigenvalue weighted by molar-refractivity contribution is 0.272. The van der Waals surface area contributed by atoms with Crippen molar-refractivity contribution in [3.05, 3.63) is 53.1 Å².